The molecule has 7 nitrogen and oxygen atoms in total. The standard InChI is InChI=1S/C22H33N5O2S/c1-16(21-23-17-8-6-7-9-18(17)30-21)25(5)15-20(29)27-12-10-26(11-13-27)14-19(28)24-22(2,3)4/h6-9,16H,10-15H2,1-5H3,(H,24,28)/p+2/t16-/m1/s1. The van der Waals surface area contributed by atoms with Gasteiger partial charge < -0.3 is 20.0 Å². The van der Waals surface area contributed by atoms with E-state index < -0.39 is 0 Å². The molecule has 0 bridgehead atoms. The van der Waals surface area contributed by atoms with Gasteiger partial charge in [0, 0.05) is 5.54 Å². The van der Waals surface area contributed by atoms with Crippen molar-refractivity contribution in [3.63, 3.8) is 0 Å². The predicted molar refractivity (Wildman–Crippen MR) is 120 cm³/mol. The first-order valence-electron chi connectivity index (χ1n) is 10.7. The highest BCUT2D eigenvalue weighted by Crippen LogP contribution is 2.24. The third kappa shape index (κ3) is 6.00. The SMILES string of the molecule is C[C@H](c1nc2ccccc2s1)[NH+](C)CC(=O)N1CC[NH+](CC(=O)NC(C)(C)C)CC1. The second kappa shape index (κ2) is 9.41. The molecule has 8 heteroatoms. The number of likely N-dealkylation sites (N-methyl/N-ethyl adjacent to an activating group) is 1. The number of quaternary nitrogens is 2. The number of carbonyl (C=O) groups is 2. The maximum atomic E-state index is 12.8. The second-order valence-corrected chi connectivity index (χ2v) is 10.4. The van der Waals surface area contributed by atoms with Gasteiger partial charge in [0.25, 0.3) is 11.8 Å². The van der Waals surface area contributed by atoms with E-state index >= 15 is 0 Å². The molecule has 0 spiro atoms. The number of hydrogen-bond donors (Lipinski definition) is 3. The summed E-state index contributed by atoms with van der Waals surface area (Å²) in [6.45, 7) is 12.1. The summed E-state index contributed by atoms with van der Waals surface area (Å²) >= 11 is 1.71. The van der Waals surface area contributed by atoms with E-state index in [2.05, 4.69) is 25.4 Å². The normalized spacial score (nSPS) is 17.7. The molecule has 30 heavy (non-hydrogen) atoms. The molecule has 1 unspecified atom stereocenters. The summed E-state index contributed by atoms with van der Waals surface area (Å²) in [6, 6.07) is 8.33. The van der Waals surface area contributed by atoms with Crippen molar-refractivity contribution in [3.05, 3.63) is 29.3 Å². The van der Waals surface area contributed by atoms with E-state index in [0.29, 0.717) is 26.2 Å². The Morgan fingerprint density at radius 1 is 1.27 bits per heavy atom. The molecule has 2 atom stereocenters. The summed E-state index contributed by atoms with van der Waals surface area (Å²) < 4.78 is 1.19. The highest BCUT2D eigenvalue weighted by atomic mass is 32.1. The Balaban J connectivity index is 1.47. The minimum Gasteiger partial charge on any atom is -0.347 e. The van der Waals surface area contributed by atoms with Crippen LogP contribution >= 0.6 is 11.3 Å². The molecule has 0 aliphatic carbocycles. The van der Waals surface area contributed by atoms with Crippen LogP contribution < -0.4 is 15.1 Å². The zero-order chi connectivity index (χ0) is 21.9. The van der Waals surface area contributed by atoms with Crippen molar-refractivity contribution < 1.29 is 19.4 Å². The van der Waals surface area contributed by atoms with E-state index in [1.54, 1.807) is 11.3 Å². The third-order valence-electron chi connectivity index (χ3n) is 5.60. The quantitative estimate of drug-likeness (QED) is 0.576. The molecule has 1 fully saturated rings. The first-order valence-corrected chi connectivity index (χ1v) is 11.5. The molecule has 1 aromatic carbocycles. The molecular weight excluding hydrogens is 398 g/mol. The van der Waals surface area contributed by atoms with E-state index in [9.17, 15) is 9.59 Å². The number of carbonyl (C=O) groups excluding carboxylic acids is 2. The molecule has 1 aliphatic heterocycles. The van der Waals surface area contributed by atoms with Crippen LogP contribution in [0.3, 0.4) is 0 Å². The lowest BCUT2D eigenvalue weighted by atomic mass is 10.1. The number of piperazine rings is 1. The molecule has 1 aliphatic rings. The summed E-state index contributed by atoms with van der Waals surface area (Å²) in [5.74, 6) is 0.254. The Morgan fingerprint density at radius 3 is 2.57 bits per heavy atom. The van der Waals surface area contributed by atoms with Crippen molar-refractivity contribution in [2.75, 3.05) is 46.3 Å². The van der Waals surface area contributed by atoms with Crippen LogP contribution in [-0.2, 0) is 9.59 Å². The van der Waals surface area contributed by atoms with Crippen molar-refractivity contribution in [2.45, 2.75) is 39.3 Å². The highest BCUT2D eigenvalue weighted by Gasteiger charge is 2.29. The molecule has 3 N–H and O–H groups in total. The molecule has 164 valence electrons. The smallest absolute Gasteiger partial charge is 0.278 e. The minimum absolute atomic E-state index is 0.0751. The first kappa shape index (κ1) is 22.7. The van der Waals surface area contributed by atoms with Crippen molar-refractivity contribution in [1.82, 2.24) is 15.2 Å². The number of rotatable bonds is 6. The third-order valence-corrected chi connectivity index (χ3v) is 6.82. The van der Waals surface area contributed by atoms with Crippen LogP contribution in [-0.4, -0.2) is 73.6 Å². The van der Waals surface area contributed by atoms with Crippen LogP contribution in [0.1, 0.15) is 38.7 Å². The van der Waals surface area contributed by atoms with Gasteiger partial charge in [-0.3, -0.25) is 9.59 Å². The summed E-state index contributed by atoms with van der Waals surface area (Å²) in [5.41, 5.74) is 0.819. The van der Waals surface area contributed by atoms with Gasteiger partial charge in [-0.15, -0.1) is 11.3 Å². The van der Waals surface area contributed by atoms with Gasteiger partial charge in [0.1, 0.15) is 6.04 Å². The Labute approximate surface area is 183 Å². The summed E-state index contributed by atoms with van der Waals surface area (Å²) in [7, 11) is 2.06. The Hall–Kier alpha value is -2.03. The van der Waals surface area contributed by atoms with Crippen molar-refractivity contribution >= 4 is 33.4 Å². The number of amides is 2. The molecule has 1 aromatic heterocycles. The first-order chi connectivity index (χ1) is 14.1. The van der Waals surface area contributed by atoms with Gasteiger partial charge in [0.15, 0.2) is 18.1 Å². The van der Waals surface area contributed by atoms with Crippen LogP contribution in [0.5, 0.6) is 0 Å². The topological polar surface area (TPSA) is 71.2 Å². The van der Waals surface area contributed by atoms with Gasteiger partial charge in [0.05, 0.1) is 43.4 Å². The maximum absolute atomic E-state index is 12.8. The van der Waals surface area contributed by atoms with Gasteiger partial charge in [-0.2, -0.15) is 0 Å². The van der Waals surface area contributed by atoms with Crippen molar-refractivity contribution in [1.29, 1.82) is 0 Å². The Kier molecular flexibility index (Phi) is 7.10. The fourth-order valence-corrected chi connectivity index (χ4v) is 4.84. The number of para-hydroxylation sites is 1. The largest absolute Gasteiger partial charge is 0.347 e. The summed E-state index contributed by atoms with van der Waals surface area (Å²) in [4.78, 5) is 34.1. The summed E-state index contributed by atoms with van der Waals surface area (Å²) in [6.07, 6.45) is 0. The fourth-order valence-electron chi connectivity index (χ4n) is 3.73. The molecular formula is C22H35N5O2S+2. The van der Waals surface area contributed by atoms with Crippen LogP contribution in [0.15, 0.2) is 24.3 Å². The van der Waals surface area contributed by atoms with Gasteiger partial charge in [-0.05, 0) is 39.8 Å². The van der Waals surface area contributed by atoms with Gasteiger partial charge in [-0.1, -0.05) is 12.1 Å². The molecule has 2 heterocycles. The number of benzene rings is 1. The van der Waals surface area contributed by atoms with E-state index in [-0.39, 0.29) is 23.4 Å². The van der Waals surface area contributed by atoms with Gasteiger partial charge in [0.2, 0.25) is 0 Å². The Morgan fingerprint density at radius 2 is 1.93 bits per heavy atom. The van der Waals surface area contributed by atoms with E-state index in [0.717, 1.165) is 28.5 Å². The number of nitrogens with one attached hydrogen (secondary N) is 3. The van der Waals surface area contributed by atoms with Crippen molar-refractivity contribution in [3.8, 4) is 0 Å². The average Bonchev–Trinajstić information content (AvgIpc) is 3.10. The average molecular weight is 434 g/mol. The number of nitrogens with zero attached hydrogens (tertiary/aromatic N) is 2. The maximum Gasteiger partial charge on any atom is 0.278 e. The summed E-state index contributed by atoms with van der Waals surface area (Å²) in [5, 5.41) is 4.09. The van der Waals surface area contributed by atoms with Gasteiger partial charge >= 0.3 is 0 Å². The highest BCUT2D eigenvalue weighted by molar-refractivity contribution is 7.18. The molecule has 1 saturated heterocycles. The number of aromatic nitrogens is 1. The Bertz CT molecular complexity index is 850. The predicted octanol–water partition coefficient (Wildman–Crippen LogP) is -0.486. The molecule has 2 amide bonds. The van der Waals surface area contributed by atoms with Crippen LogP contribution in [0.25, 0.3) is 10.2 Å². The van der Waals surface area contributed by atoms with Gasteiger partial charge in [-0.25, -0.2) is 4.98 Å². The van der Waals surface area contributed by atoms with Crippen molar-refractivity contribution in [2.24, 2.45) is 0 Å². The number of fused-ring (bicyclic) bond motifs is 1. The number of thiazole rings is 1. The molecule has 3 rings (SSSR count). The fraction of sp³-hybridized carbons (Fsp3) is 0.591. The van der Waals surface area contributed by atoms with E-state index in [1.807, 2.05) is 43.9 Å². The zero-order valence-corrected chi connectivity index (χ0v) is 19.6. The lowest BCUT2D eigenvalue weighted by molar-refractivity contribution is -0.903. The molecule has 0 saturated carbocycles. The van der Waals surface area contributed by atoms with Crippen LogP contribution in [0.4, 0.5) is 0 Å². The second-order valence-electron chi connectivity index (χ2n) is 9.37. The monoisotopic (exact) mass is 433 g/mol. The van der Waals surface area contributed by atoms with Crippen LogP contribution in [0, 0.1) is 0 Å². The number of hydrogen-bond acceptors (Lipinski definition) is 4. The molecule has 2 aromatic rings. The molecule has 0 radical (unpaired) electrons. The minimum atomic E-state index is -0.207. The van der Waals surface area contributed by atoms with E-state index in [4.69, 9.17) is 4.98 Å². The lowest BCUT2D eigenvalue weighted by Gasteiger charge is -2.33. The lowest BCUT2D eigenvalue weighted by Crippen LogP contribution is -3.16. The van der Waals surface area contributed by atoms with Crippen LogP contribution in [0.2, 0.25) is 0 Å². The zero-order valence-electron chi connectivity index (χ0n) is 18.7. The van der Waals surface area contributed by atoms with E-state index in [1.165, 1.54) is 9.60 Å².